The van der Waals surface area contributed by atoms with Crippen molar-refractivity contribution >= 4 is 5.97 Å². The predicted octanol–water partition coefficient (Wildman–Crippen LogP) is 3.71. The zero-order chi connectivity index (χ0) is 12.0. The predicted molar refractivity (Wildman–Crippen MR) is 66.1 cm³/mol. The molecule has 0 aromatic heterocycles. The Labute approximate surface area is 99.1 Å². The highest BCUT2D eigenvalue weighted by Crippen LogP contribution is 2.44. The summed E-state index contributed by atoms with van der Waals surface area (Å²) in [6.07, 6.45) is 9.60. The highest BCUT2D eigenvalue weighted by Gasteiger charge is 2.37. The van der Waals surface area contributed by atoms with Gasteiger partial charge < -0.3 is 4.74 Å². The molecule has 0 aromatic rings. The molecule has 1 aliphatic carbocycles. The van der Waals surface area contributed by atoms with Gasteiger partial charge in [0.15, 0.2) is 0 Å². The van der Waals surface area contributed by atoms with Gasteiger partial charge in [-0.05, 0) is 25.7 Å². The molecule has 0 spiro atoms. The molecule has 0 amide bonds. The third kappa shape index (κ3) is 3.10. The second-order valence-electron chi connectivity index (χ2n) is 4.85. The first kappa shape index (κ1) is 13.3. The van der Waals surface area contributed by atoms with Gasteiger partial charge in [0.2, 0.25) is 0 Å². The third-order valence-electron chi connectivity index (χ3n) is 3.71. The molecule has 0 N–H and O–H groups in total. The van der Waals surface area contributed by atoms with Gasteiger partial charge in [-0.2, -0.15) is 0 Å². The van der Waals surface area contributed by atoms with Crippen molar-refractivity contribution in [2.75, 3.05) is 6.61 Å². The number of allylic oxidation sites excluding steroid dienone is 2. The molecule has 1 rings (SSSR count). The number of ether oxygens (including phenoxy) is 1. The molecule has 0 saturated carbocycles. The highest BCUT2D eigenvalue weighted by atomic mass is 16.5. The molecule has 2 heteroatoms. The van der Waals surface area contributed by atoms with Gasteiger partial charge in [0.25, 0.3) is 0 Å². The average Bonchev–Trinajstić information content (AvgIpc) is 2.68. The number of hydrogen-bond donors (Lipinski definition) is 0. The number of hydrogen-bond acceptors (Lipinski definition) is 2. The van der Waals surface area contributed by atoms with E-state index in [-0.39, 0.29) is 11.4 Å². The van der Waals surface area contributed by atoms with Gasteiger partial charge in [0, 0.05) is 5.41 Å². The van der Waals surface area contributed by atoms with Crippen molar-refractivity contribution in [3.05, 3.63) is 12.2 Å². The van der Waals surface area contributed by atoms with Gasteiger partial charge in [-0.15, -0.1) is 0 Å². The Hall–Kier alpha value is -0.790. The van der Waals surface area contributed by atoms with Crippen LogP contribution >= 0.6 is 0 Å². The first-order valence-electron chi connectivity index (χ1n) is 6.48. The highest BCUT2D eigenvalue weighted by molar-refractivity contribution is 5.70. The van der Waals surface area contributed by atoms with Crippen LogP contribution in [0.1, 0.15) is 52.9 Å². The number of esters is 1. The first-order chi connectivity index (χ1) is 7.64. The van der Waals surface area contributed by atoms with Crippen LogP contribution in [0, 0.1) is 11.3 Å². The molecule has 0 saturated heterocycles. The standard InChI is InChI=1S/C14H24O2/c1-4-8-12(3)14(9-6-7-10-14)11-13(15)16-5-2/h6,9,12H,4-5,7-8,10-11H2,1-3H3/t12?,14-/m0/s1. The minimum absolute atomic E-state index is 0.0444. The Bertz CT molecular complexity index is 257. The Morgan fingerprint density at radius 2 is 2.25 bits per heavy atom. The van der Waals surface area contributed by atoms with Gasteiger partial charge >= 0.3 is 5.97 Å². The van der Waals surface area contributed by atoms with E-state index in [2.05, 4.69) is 26.0 Å². The van der Waals surface area contributed by atoms with Crippen LogP contribution < -0.4 is 0 Å². The maximum atomic E-state index is 11.7. The third-order valence-corrected chi connectivity index (χ3v) is 3.71. The van der Waals surface area contributed by atoms with Gasteiger partial charge in [-0.3, -0.25) is 4.79 Å². The van der Waals surface area contributed by atoms with Crippen LogP contribution in [-0.2, 0) is 9.53 Å². The molecule has 16 heavy (non-hydrogen) atoms. The van der Waals surface area contributed by atoms with Crippen molar-refractivity contribution in [1.82, 2.24) is 0 Å². The van der Waals surface area contributed by atoms with E-state index < -0.39 is 0 Å². The largest absolute Gasteiger partial charge is 0.466 e. The summed E-state index contributed by atoms with van der Waals surface area (Å²) in [7, 11) is 0. The van der Waals surface area contributed by atoms with Gasteiger partial charge in [0.1, 0.15) is 0 Å². The Morgan fingerprint density at radius 3 is 2.75 bits per heavy atom. The molecule has 2 nitrogen and oxygen atoms in total. The van der Waals surface area contributed by atoms with E-state index in [9.17, 15) is 4.79 Å². The summed E-state index contributed by atoms with van der Waals surface area (Å²) < 4.78 is 5.08. The fourth-order valence-corrected chi connectivity index (χ4v) is 2.69. The second-order valence-corrected chi connectivity index (χ2v) is 4.85. The molecule has 0 aromatic carbocycles. The molecule has 0 aliphatic heterocycles. The normalized spacial score (nSPS) is 25.7. The van der Waals surface area contributed by atoms with Crippen LogP contribution in [0.3, 0.4) is 0 Å². The zero-order valence-electron chi connectivity index (χ0n) is 10.8. The lowest BCUT2D eigenvalue weighted by molar-refractivity contribution is -0.146. The molecule has 0 fully saturated rings. The van der Waals surface area contributed by atoms with Crippen molar-refractivity contribution in [1.29, 1.82) is 0 Å². The molecule has 0 heterocycles. The minimum atomic E-state index is -0.0444. The maximum Gasteiger partial charge on any atom is 0.306 e. The van der Waals surface area contributed by atoms with Crippen LogP contribution in [0.4, 0.5) is 0 Å². The maximum absolute atomic E-state index is 11.7. The van der Waals surface area contributed by atoms with E-state index in [4.69, 9.17) is 4.74 Å². The summed E-state index contributed by atoms with van der Waals surface area (Å²) >= 11 is 0. The lowest BCUT2D eigenvalue weighted by Gasteiger charge is -2.33. The van der Waals surface area contributed by atoms with Crippen LogP contribution in [0.15, 0.2) is 12.2 Å². The average molecular weight is 224 g/mol. The first-order valence-corrected chi connectivity index (χ1v) is 6.48. The smallest absolute Gasteiger partial charge is 0.306 e. The van der Waals surface area contributed by atoms with Crippen LogP contribution in [0.2, 0.25) is 0 Å². The number of carbonyl (C=O) groups is 1. The lowest BCUT2D eigenvalue weighted by atomic mass is 9.71. The van der Waals surface area contributed by atoms with Gasteiger partial charge in [0.05, 0.1) is 13.0 Å². The zero-order valence-corrected chi connectivity index (χ0v) is 10.8. The Balaban J connectivity index is 2.65. The van der Waals surface area contributed by atoms with Crippen LogP contribution in [0.25, 0.3) is 0 Å². The summed E-state index contributed by atoms with van der Waals surface area (Å²) in [5, 5.41) is 0. The number of carbonyl (C=O) groups excluding carboxylic acids is 1. The van der Waals surface area contributed by atoms with E-state index in [0.29, 0.717) is 18.9 Å². The van der Waals surface area contributed by atoms with E-state index in [0.717, 1.165) is 12.8 Å². The molecule has 0 radical (unpaired) electrons. The van der Waals surface area contributed by atoms with Gasteiger partial charge in [-0.1, -0.05) is 38.8 Å². The molecule has 1 unspecified atom stereocenters. The van der Waals surface area contributed by atoms with Crippen LogP contribution in [0.5, 0.6) is 0 Å². The molecule has 2 atom stereocenters. The Kier molecular flexibility index (Phi) is 5.04. The van der Waals surface area contributed by atoms with Crippen molar-refractivity contribution in [3.8, 4) is 0 Å². The quantitative estimate of drug-likeness (QED) is 0.508. The van der Waals surface area contributed by atoms with Crippen molar-refractivity contribution < 1.29 is 9.53 Å². The summed E-state index contributed by atoms with van der Waals surface area (Å²) in [6.45, 7) is 6.82. The molecule has 0 bridgehead atoms. The fraction of sp³-hybridized carbons (Fsp3) is 0.786. The molecule has 1 aliphatic rings. The molecular formula is C14H24O2. The SMILES string of the molecule is CCCC(C)[C@@]1(CC(=O)OCC)C=CCC1. The Morgan fingerprint density at radius 1 is 1.50 bits per heavy atom. The monoisotopic (exact) mass is 224 g/mol. The fourth-order valence-electron chi connectivity index (χ4n) is 2.69. The minimum Gasteiger partial charge on any atom is -0.466 e. The summed E-state index contributed by atoms with van der Waals surface area (Å²) in [5.74, 6) is 0.526. The van der Waals surface area contributed by atoms with Gasteiger partial charge in [-0.25, -0.2) is 0 Å². The van der Waals surface area contributed by atoms with E-state index in [1.54, 1.807) is 0 Å². The van der Waals surface area contributed by atoms with E-state index >= 15 is 0 Å². The lowest BCUT2D eigenvalue weighted by Crippen LogP contribution is -2.28. The topological polar surface area (TPSA) is 26.3 Å². The van der Waals surface area contributed by atoms with Crippen molar-refractivity contribution in [3.63, 3.8) is 0 Å². The number of rotatable bonds is 6. The summed E-state index contributed by atoms with van der Waals surface area (Å²) in [6, 6.07) is 0. The summed E-state index contributed by atoms with van der Waals surface area (Å²) in [4.78, 5) is 11.7. The van der Waals surface area contributed by atoms with Crippen LogP contribution in [-0.4, -0.2) is 12.6 Å². The van der Waals surface area contributed by atoms with Crippen molar-refractivity contribution in [2.45, 2.75) is 52.9 Å². The molecule has 92 valence electrons. The van der Waals surface area contributed by atoms with E-state index in [1.807, 2.05) is 6.92 Å². The second kappa shape index (κ2) is 6.07. The summed E-state index contributed by atoms with van der Waals surface area (Å²) in [5.41, 5.74) is 0.0717. The molecular weight excluding hydrogens is 200 g/mol. The van der Waals surface area contributed by atoms with E-state index in [1.165, 1.54) is 12.8 Å². The van der Waals surface area contributed by atoms with Crippen molar-refractivity contribution in [2.24, 2.45) is 11.3 Å².